The number of aromatic amines is 1. The Bertz CT molecular complexity index is 2500. The van der Waals surface area contributed by atoms with E-state index in [1.165, 1.54) is 12.3 Å². The fourth-order valence-electron chi connectivity index (χ4n) is 6.87. The summed E-state index contributed by atoms with van der Waals surface area (Å²) in [6.45, 7) is 13.3. The van der Waals surface area contributed by atoms with Crippen LogP contribution in [0.4, 0.5) is 11.9 Å². The Morgan fingerprint density at radius 3 is 2.48 bits per heavy atom. The molecular formula is C40H52N15O5+. The van der Waals surface area contributed by atoms with E-state index in [-0.39, 0.29) is 41.8 Å². The number of rotatable bonds is 18. The van der Waals surface area contributed by atoms with E-state index in [0.29, 0.717) is 64.7 Å². The van der Waals surface area contributed by atoms with Gasteiger partial charge in [0, 0.05) is 63.6 Å². The Labute approximate surface area is 345 Å². The molecule has 0 unspecified atom stereocenters. The number of nitrogens with two attached hydrogens (primary N) is 3. The number of piperazine rings is 1. The van der Waals surface area contributed by atoms with Gasteiger partial charge in [0.1, 0.15) is 22.7 Å². The molecule has 1 aliphatic heterocycles. The summed E-state index contributed by atoms with van der Waals surface area (Å²) in [5, 5.41) is 13.6. The number of hydrogen-bond donors (Lipinski definition) is 7. The minimum atomic E-state index is -0.660. The Morgan fingerprint density at radius 2 is 1.78 bits per heavy atom. The number of anilines is 2. The highest BCUT2D eigenvalue weighted by atomic mass is 16.5. The molecule has 0 saturated carbocycles. The number of ether oxygens (including phenoxy) is 1. The van der Waals surface area contributed by atoms with Gasteiger partial charge >= 0.3 is 11.9 Å². The quantitative estimate of drug-likeness (QED) is 0.0287. The molecular weight excluding hydrogens is 771 g/mol. The van der Waals surface area contributed by atoms with Gasteiger partial charge in [0.15, 0.2) is 5.52 Å². The number of pyridine rings is 1. The second-order valence-corrected chi connectivity index (χ2v) is 14.2. The van der Waals surface area contributed by atoms with E-state index in [0.717, 1.165) is 39.1 Å². The van der Waals surface area contributed by atoms with Crippen molar-refractivity contribution in [1.29, 1.82) is 0 Å². The predicted molar refractivity (Wildman–Crippen MR) is 227 cm³/mol. The fraction of sp³-hybridized carbons (Fsp3) is 0.375. The zero-order chi connectivity index (χ0) is 42.9. The molecule has 1 fully saturated rings. The van der Waals surface area contributed by atoms with Crippen LogP contribution in [0.15, 0.2) is 59.4 Å². The minimum Gasteiger partial charge on any atom is -0.491 e. The molecule has 4 aromatic heterocycles. The molecule has 1 aromatic carbocycles. The van der Waals surface area contributed by atoms with Crippen LogP contribution in [0.2, 0.25) is 0 Å². The van der Waals surface area contributed by atoms with Crippen molar-refractivity contribution < 1.29 is 28.5 Å². The van der Waals surface area contributed by atoms with Gasteiger partial charge in [0.05, 0.1) is 36.1 Å². The number of nitrogens with one attached hydrogen (secondary N) is 4. The van der Waals surface area contributed by atoms with Crippen LogP contribution in [-0.2, 0) is 24.4 Å². The van der Waals surface area contributed by atoms with Crippen LogP contribution in [0.25, 0.3) is 22.2 Å². The van der Waals surface area contributed by atoms with E-state index in [4.69, 9.17) is 26.9 Å². The SMILES string of the molecule is CCN=C(/C=C(/C)N)C(=O)Nc1[nH]c2cc(C(N)=O)cnc2[n+]1C/C=C/Cn1c(NC(=O)c2cc(C)nn2CC)nc2cc(C(N)=O)cc(OCCCN3CCNCC3)c21. The van der Waals surface area contributed by atoms with Gasteiger partial charge in [0.2, 0.25) is 11.9 Å². The molecule has 60 heavy (non-hydrogen) atoms. The third kappa shape index (κ3) is 10.0. The molecule has 5 aromatic rings. The number of aryl methyl sites for hydroxylation is 2. The Balaban J connectivity index is 1.35. The predicted octanol–water partition coefficient (Wildman–Crippen LogP) is 1.37. The molecule has 5 heterocycles. The summed E-state index contributed by atoms with van der Waals surface area (Å²) in [5.74, 6) is -1.40. The van der Waals surface area contributed by atoms with Crippen molar-refractivity contribution in [2.24, 2.45) is 22.2 Å². The largest absolute Gasteiger partial charge is 0.491 e. The minimum absolute atomic E-state index is 0.129. The van der Waals surface area contributed by atoms with Gasteiger partial charge in [0.25, 0.3) is 17.5 Å². The number of H-pyrrole nitrogens is 1. The summed E-state index contributed by atoms with van der Waals surface area (Å²) in [6.07, 6.45) is 7.28. The van der Waals surface area contributed by atoms with Crippen molar-refractivity contribution in [3.05, 3.63) is 76.9 Å². The maximum Gasteiger partial charge on any atom is 0.322 e. The summed E-state index contributed by atoms with van der Waals surface area (Å²) in [4.78, 5) is 70.7. The molecule has 0 atom stereocenters. The molecule has 10 N–H and O–H groups in total. The summed E-state index contributed by atoms with van der Waals surface area (Å²) >= 11 is 0. The van der Waals surface area contributed by atoms with Crippen LogP contribution in [-0.4, -0.2) is 109 Å². The maximum atomic E-state index is 13.8. The number of fused-ring (bicyclic) bond motifs is 2. The highest BCUT2D eigenvalue weighted by molar-refractivity contribution is 6.47. The van der Waals surface area contributed by atoms with E-state index in [1.807, 2.05) is 26.0 Å². The van der Waals surface area contributed by atoms with Gasteiger partial charge < -0.3 is 36.7 Å². The third-order valence-corrected chi connectivity index (χ3v) is 9.67. The van der Waals surface area contributed by atoms with E-state index >= 15 is 0 Å². The first-order chi connectivity index (χ1) is 28.9. The summed E-state index contributed by atoms with van der Waals surface area (Å²) in [5.41, 5.74) is 20.9. The van der Waals surface area contributed by atoms with Gasteiger partial charge in [-0.1, -0.05) is 12.2 Å². The number of hydrogen-bond acceptors (Lipinski definition) is 12. The second kappa shape index (κ2) is 19.2. The fourth-order valence-corrected chi connectivity index (χ4v) is 6.87. The van der Waals surface area contributed by atoms with Crippen LogP contribution in [0.5, 0.6) is 5.75 Å². The topological polar surface area (TPSA) is 275 Å². The number of allylic oxidation sites excluding steroid dienone is 3. The molecule has 0 radical (unpaired) electrons. The molecule has 0 spiro atoms. The molecule has 316 valence electrons. The van der Waals surface area contributed by atoms with Crippen LogP contribution in [0.1, 0.15) is 64.1 Å². The van der Waals surface area contributed by atoms with E-state index in [9.17, 15) is 19.2 Å². The molecule has 20 nitrogen and oxygen atoms in total. The average molecular weight is 823 g/mol. The smallest absolute Gasteiger partial charge is 0.322 e. The van der Waals surface area contributed by atoms with Crippen molar-refractivity contribution in [2.45, 2.75) is 53.8 Å². The second-order valence-electron chi connectivity index (χ2n) is 14.2. The van der Waals surface area contributed by atoms with E-state index in [1.54, 1.807) is 51.9 Å². The van der Waals surface area contributed by atoms with Crippen LogP contribution < -0.4 is 42.5 Å². The van der Waals surface area contributed by atoms with Crippen molar-refractivity contribution >= 4 is 63.4 Å². The van der Waals surface area contributed by atoms with Crippen molar-refractivity contribution in [3.8, 4) is 5.75 Å². The van der Waals surface area contributed by atoms with E-state index in [2.05, 4.69) is 40.9 Å². The molecule has 6 rings (SSSR count). The number of benzene rings is 1. The van der Waals surface area contributed by atoms with Gasteiger partial charge in [-0.3, -0.25) is 39.2 Å². The van der Waals surface area contributed by atoms with Crippen LogP contribution >= 0.6 is 0 Å². The number of aliphatic imine (C=N–C) groups is 1. The Morgan fingerprint density at radius 1 is 1.02 bits per heavy atom. The van der Waals surface area contributed by atoms with Crippen LogP contribution in [0.3, 0.4) is 0 Å². The first kappa shape index (κ1) is 42.7. The van der Waals surface area contributed by atoms with Crippen molar-refractivity contribution in [3.63, 3.8) is 0 Å². The lowest BCUT2D eigenvalue weighted by atomic mass is 10.1. The molecule has 1 aliphatic rings. The normalized spacial score (nSPS) is 14.0. The molecule has 0 aliphatic carbocycles. The third-order valence-electron chi connectivity index (χ3n) is 9.67. The lowest BCUT2D eigenvalue weighted by molar-refractivity contribution is -0.647. The first-order valence-electron chi connectivity index (χ1n) is 19.8. The average Bonchev–Trinajstić information content (AvgIpc) is 3.89. The number of imidazole rings is 2. The highest BCUT2D eigenvalue weighted by Crippen LogP contribution is 2.31. The van der Waals surface area contributed by atoms with Gasteiger partial charge in [-0.25, -0.2) is 14.9 Å². The molecule has 0 bridgehead atoms. The number of amides is 4. The van der Waals surface area contributed by atoms with Gasteiger partial charge in [-0.15, -0.1) is 4.98 Å². The number of primary amides is 2. The maximum absolute atomic E-state index is 13.8. The number of carbonyl (C=O) groups is 4. The molecule has 20 heteroatoms. The summed E-state index contributed by atoms with van der Waals surface area (Å²) < 4.78 is 11.5. The van der Waals surface area contributed by atoms with Crippen molar-refractivity contribution in [1.82, 2.24) is 39.5 Å². The number of carbonyl (C=O) groups excluding carboxylic acids is 4. The Hall–Kier alpha value is -6.93. The lowest BCUT2D eigenvalue weighted by Gasteiger charge is -2.27. The monoisotopic (exact) mass is 822 g/mol. The van der Waals surface area contributed by atoms with Gasteiger partial charge in [-0.2, -0.15) is 5.10 Å². The Kier molecular flexibility index (Phi) is 13.7. The zero-order valence-electron chi connectivity index (χ0n) is 34.2. The van der Waals surface area contributed by atoms with Crippen molar-refractivity contribution in [2.75, 3.05) is 56.5 Å². The number of aromatic nitrogens is 7. The standard InChI is InChI=1S/C40H51N15O5/c1-5-45-30(18-24(3)41)37(58)49-40-48-29-21-27(35(43)57)23-46-36(29)54(40)14-8-7-13-53-33-28(47-39(53)50-38(59)31-19-25(4)51-55(31)6-2)20-26(34(42)56)22-32(33)60-17-9-12-52-15-10-44-11-16-52/h7-8,18-23,44H,5-6,9-17H2,1-4H3,(H8,41,42,43,45,47,48,49,50,56,57,58,59)/p+1/b8-7+. The highest BCUT2D eigenvalue weighted by Gasteiger charge is 2.24. The van der Waals surface area contributed by atoms with E-state index < -0.39 is 23.6 Å². The van der Waals surface area contributed by atoms with Crippen LogP contribution in [0, 0.1) is 6.92 Å². The number of nitrogens with zero attached hydrogens (tertiary/aromatic N) is 8. The molecule has 4 amide bonds. The van der Waals surface area contributed by atoms with Gasteiger partial charge in [-0.05, 0) is 64.5 Å². The summed E-state index contributed by atoms with van der Waals surface area (Å²) in [7, 11) is 0. The molecule has 1 saturated heterocycles. The summed E-state index contributed by atoms with van der Waals surface area (Å²) in [6, 6.07) is 6.42. The zero-order valence-corrected chi connectivity index (χ0v) is 34.2. The lowest BCUT2D eigenvalue weighted by Crippen LogP contribution is -2.43. The first-order valence-corrected chi connectivity index (χ1v) is 19.8.